The topological polar surface area (TPSA) is 65.2 Å². The number of nitrogens with one attached hydrogen (secondary N) is 2. The van der Waals surface area contributed by atoms with E-state index in [9.17, 15) is 9.59 Å². The Kier molecular flexibility index (Phi) is 5.46. The first-order valence-corrected chi connectivity index (χ1v) is 11.0. The molecule has 0 saturated carbocycles. The summed E-state index contributed by atoms with van der Waals surface area (Å²) < 4.78 is 0. The van der Waals surface area contributed by atoms with Gasteiger partial charge in [-0.2, -0.15) is 0 Å². The molecule has 0 radical (unpaired) electrons. The number of nitrogens with zero attached hydrogens (tertiary/aromatic N) is 1. The largest absolute Gasteiger partial charge is 0.361 e. The van der Waals surface area contributed by atoms with Crippen molar-refractivity contribution >= 4 is 28.4 Å². The average molecular weight is 424 g/mol. The number of aromatic nitrogens is 1. The van der Waals surface area contributed by atoms with Gasteiger partial charge in [0, 0.05) is 23.9 Å². The van der Waals surface area contributed by atoms with Gasteiger partial charge in [0.05, 0.1) is 6.42 Å². The summed E-state index contributed by atoms with van der Waals surface area (Å²) in [6.45, 7) is 0.625. The number of hydrogen-bond acceptors (Lipinski definition) is 2. The van der Waals surface area contributed by atoms with Crippen molar-refractivity contribution in [2.75, 3.05) is 11.9 Å². The van der Waals surface area contributed by atoms with Gasteiger partial charge in [0.25, 0.3) is 0 Å². The number of likely N-dealkylation sites (tertiary alicyclic amines) is 1. The van der Waals surface area contributed by atoms with E-state index in [-0.39, 0.29) is 11.8 Å². The minimum atomic E-state index is -0.425. The molecule has 0 spiro atoms. The Morgan fingerprint density at radius 1 is 0.938 bits per heavy atom. The molecular formula is C27H25N3O2. The summed E-state index contributed by atoms with van der Waals surface area (Å²) in [6.07, 6.45) is 3.78. The Morgan fingerprint density at radius 2 is 1.78 bits per heavy atom. The van der Waals surface area contributed by atoms with Crippen molar-refractivity contribution in [3.8, 4) is 11.1 Å². The smallest absolute Gasteiger partial charge is 0.247 e. The zero-order valence-electron chi connectivity index (χ0n) is 17.8. The Balaban J connectivity index is 1.30. The summed E-state index contributed by atoms with van der Waals surface area (Å²) in [6, 6.07) is 25.4. The molecule has 1 atom stereocenters. The standard InChI is InChI=1S/C27H25N3O2/c31-26(16-19-6-2-1-3-7-19)30-15-5-10-25(30)27(32)29-23-9-4-8-20(18-23)21-11-12-24-22(17-21)13-14-28-24/h1-4,6-9,11-14,17-18,25,28H,5,10,15-16H2,(H,29,32)/t25-/m0/s1. The zero-order chi connectivity index (χ0) is 21.9. The number of H-pyrrole nitrogens is 1. The number of rotatable bonds is 5. The summed E-state index contributed by atoms with van der Waals surface area (Å²) in [7, 11) is 0. The van der Waals surface area contributed by atoms with Gasteiger partial charge in [-0.25, -0.2) is 0 Å². The van der Waals surface area contributed by atoms with Gasteiger partial charge in [0.15, 0.2) is 0 Å². The second-order valence-electron chi connectivity index (χ2n) is 8.26. The van der Waals surface area contributed by atoms with E-state index in [1.54, 1.807) is 4.90 Å². The molecule has 3 aromatic carbocycles. The first-order chi connectivity index (χ1) is 15.7. The monoisotopic (exact) mass is 423 g/mol. The molecule has 0 bridgehead atoms. The SMILES string of the molecule is O=C(Nc1cccc(-c2ccc3[nH]ccc3c2)c1)[C@@H]1CCCN1C(=O)Cc1ccccc1. The van der Waals surface area contributed by atoms with Crippen LogP contribution in [0.15, 0.2) is 85.1 Å². The zero-order valence-corrected chi connectivity index (χ0v) is 17.8. The van der Waals surface area contributed by atoms with Gasteiger partial charge in [-0.3, -0.25) is 9.59 Å². The minimum absolute atomic E-state index is 0.00223. The highest BCUT2D eigenvalue weighted by atomic mass is 16.2. The predicted molar refractivity (Wildman–Crippen MR) is 127 cm³/mol. The third-order valence-corrected chi connectivity index (χ3v) is 6.09. The van der Waals surface area contributed by atoms with Crippen LogP contribution in [0.2, 0.25) is 0 Å². The number of anilines is 1. The molecule has 2 amide bonds. The molecular weight excluding hydrogens is 398 g/mol. The second-order valence-corrected chi connectivity index (χ2v) is 8.26. The van der Waals surface area contributed by atoms with Crippen molar-refractivity contribution in [2.24, 2.45) is 0 Å². The third kappa shape index (κ3) is 4.14. The van der Waals surface area contributed by atoms with Crippen LogP contribution in [0.25, 0.3) is 22.0 Å². The summed E-state index contributed by atoms with van der Waals surface area (Å²) in [5.74, 6) is -0.121. The van der Waals surface area contributed by atoms with Crippen molar-refractivity contribution in [1.29, 1.82) is 0 Å². The fraction of sp³-hybridized carbons (Fsp3) is 0.185. The van der Waals surface area contributed by atoms with E-state index < -0.39 is 6.04 Å². The number of amides is 2. The molecule has 1 aromatic heterocycles. The van der Waals surface area contributed by atoms with Crippen LogP contribution >= 0.6 is 0 Å². The molecule has 4 aromatic rings. The van der Waals surface area contributed by atoms with Gasteiger partial charge >= 0.3 is 0 Å². The third-order valence-electron chi connectivity index (χ3n) is 6.09. The molecule has 0 unspecified atom stereocenters. The van der Waals surface area contributed by atoms with Crippen LogP contribution in [0.4, 0.5) is 5.69 Å². The van der Waals surface area contributed by atoms with E-state index >= 15 is 0 Å². The minimum Gasteiger partial charge on any atom is -0.361 e. The van der Waals surface area contributed by atoms with E-state index in [1.807, 2.05) is 66.9 Å². The van der Waals surface area contributed by atoms with Gasteiger partial charge in [-0.15, -0.1) is 0 Å². The number of fused-ring (bicyclic) bond motifs is 1. The van der Waals surface area contributed by atoms with Crippen LogP contribution in [0.5, 0.6) is 0 Å². The van der Waals surface area contributed by atoms with Crippen molar-refractivity contribution in [3.63, 3.8) is 0 Å². The van der Waals surface area contributed by atoms with E-state index in [1.165, 1.54) is 0 Å². The van der Waals surface area contributed by atoms with Gasteiger partial charge < -0.3 is 15.2 Å². The van der Waals surface area contributed by atoms with Gasteiger partial charge in [0.1, 0.15) is 6.04 Å². The van der Waals surface area contributed by atoms with Crippen molar-refractivity contribution in [1.82, 2.24) is 9.88 Å². The number of carbonyl (C=O) groups excluding carboxylic acids is 2. The number of aromatic amines is 1. The first kappa shape index (κ1) is 20.1. The number of carbonyl (C=O) groups is 2. The average Bonchev–Trinajstić information content (AvgIpc) is 3.49. The lowest BCUT2D eigenvalue weighted by Gasteiger charge is -2.24. The van der Waals surface area contributed by atoms with E-state index in [4.69, 9.17) is 0 Å². The lowest BCUT2D eigenvalue weighted by Crippen LogP contribution is -2.43. The van der Waals surface area contributed by atoms with Crippen LogP contribution in [0.1, 0.15) is 18.4 Å². The van der Waals surface area contributed by atoms with Crippen LogP contribution in [-0.2, 0) is 16.0 Å². The van der Waals surface area contributed by atoms with Crippen LogP contribution in [-0.4, -0.2) is 34.3 Å². The van der Waals surface area contributed by atoms with Crippen LogP contribution in [0, 0.1) is 0 Å². The summed E-state index contributed by atoms with van der Waals surface area (Å²) >= 11 is 0. The maximum absolute atomic E-state index is 13.1. The summed E-state index contributed by atoms with van der Waals surface area (Å²) in [5, 5.41) is 4.18. The van der Waals surface area contributed by atoms with Gasteiger partial charge in [0.2, 0.25) is 11.8 Å². The number of benzene rings is 3. The quantitative estimate of drug-likeness (QED) is 0.474. The maximum atomic E-state index is 13.1. The Hall–Kier alpha value is -3.86. The fourth-order valence-corrected chi connectivity index (χ4v) is 4.44. The van der Waals surface area contributed by atoms with Gasteiger partial charge in [-0.05, 0) is 65.3 Å². The fourth-order valence-electron chi connectivity index (χ4n) is 4.44. The highest BCUT2D eigenvalue weighted by Crippen LogP contribution is 2.27. The second kappa shape index (κ2) is 8.71. The Morgan fingerprint density at radius 3 is 2.66 bits per heavy atom. The molecule has 1 aliphatic rings. The van der Waals surface area contributed by atoms with Crippen molar-refractivity contribution < 1.29 is 9.59 Å². The molecule has 0 aliphatic carbocycles. The van der Waals surface area contributed by atoms with Crippen molar-refractivity contribution in [3.05, 3.63) is 90.6 Å². The molecule has 32 heavy (non-hydrogen) atoms. The molecule has 1 fully saturated rings. The Labute approximate surface area is 187 Å². The molecule has 1 saturated heterocycles. The van der Waals surface area contributed by atoms with Gasteiger partial charge in [-0.1, -0.05) is 48.5 Å². The lowest BCUT2D eigenvalue weighted by molar-refractivity contribution is -0.136. The maximum Gasteiger partial charge on any atom is 0.247 e. The van der Waals surface area contributed by atoms with E-state index in [0.29, 0.717) is 19.4 Å². The molecule has 2 heterocycles. The Bertz CT molecular complexity index is 1260. The molecule has 5 rings (SSSR count). The predicted octanol–water partition coefficient (Wildman–Crippen LogP) is 5.01. The molecule has 1 aliphatic heterocycles. The normalized spacial score (nSPS) is 15.8. The molecule has 160 valence electrons. The van der Waals surface area contributed by atoms with Crippen LogP contribution in [0.3, 0.4) is 0 Å². The van der Waals surface area contributed by atoms with E-state index in [0.717, 1.165) is 39.7 Å². The summed E-state index contributed by atoms with van der Waals surface area (Å²) in [4.78, 5) is 30.8. The van der Waals surface area contributed by atoms with Crippen LogP contribution < -0.4 is 5.32 Å². The summed E-state index contributed by atoms with van der Waals surface area (Å²) in [5.41, 5.74) is 4.93. The highest BCUT2D eigenvalue weighted by Gasteiger charge is 2.33. The van der Waals surface area contributed by atoms with E-state index in [2.05, 4.69) is 28.5 Å². The molecule has 2 N–H and O–H groups in total. The molecule has 5 nitrogen and oxygen atoms in total. The lowest BCUT2D eigenvalue weighted by atomic mass is 10.0. The highest BCUT2D eigenvalue weighted by molar-refractivity contribution is 5.98. The number of hydrogen-bond donors (Lipinski definition) is 2. The molecule has 5 heteroatoms. The van der Waals surface area contributed by atoms with Crippen molar-refractivity contribution in [2.45, 2.75) is 25.3 Å². The first-order valence-electron chi connectivity index (χ1n) is 11.0.